The minimum Gasteiger partial charge on any atom is -0.314 e. The number of piperazine rings is 1. The highest BCUT2D eigenvalue weighted by atomic mass is 35.5. The number of hydrogen-bond donors (Lipinski definition) is 1. The molecular weight excluding hydrogens is 258 g/mol. The third-order valence-corrected chi connectivity index (χ3v) is 3.53. The average Bonchev–Trinajstić information content (AvgIpc) is 2.38. The molecule has 1 aromatic rings. The summed E-state index contributed by atoms with van der Waals surface area (Å²) in [6, 6.07) is 4.42. The first-order chi connectivity index (χ1) is 8.72. The summed E-state index contributed by atoms with van der Waals surface area (Å²) < 4.78 is 26.6. The minimum atomic E-state index is -0.448. The maximum atomic E-state index is 13.9. The van der Waals surface area contributed by atoms with Gasteiger partial charge in [-0.2, -0.15) is 0 Å². The van der Waals surface area contributed by atoms with Crippen molar-refractivity contribution in [2.75, 3.05) is 32.9 Å². The van der Waals surface area contributed by atoms with Crippen molar-refractivity contribution < 1.29 is 8.78 Å². The van der Waals surface area contributed by atoms with Crippen molar-refractivity contribution in [3.8, 4) is 0 Å². The Morgan fingerprint density at radius 1 is 1.33 bits per heavy atom. The molecule has 1 fully saturated rings. The van der Waals surface area contributed by atoms with Crippen LogP contribution >= 0.6 is 11.6 Å². The largest absolute Gasteiger partial charge is 0.314 e. The average molecular weight is 275 g/mol. The standard InChI is InChI=1S/C13H17ClF2N2/c14-10-1-2-11(12(16)9-10)13(3-4-15)18-7-5-17-6-8-18/h1-2,9,13,17H,3-8H2/t13-/m1/s1. The molecule has 1 atom stereocenters. The molecule has 5 heteroatoms. The zero-order valence-electron chi connectivity index (χ0n) is 10.1. The minimum absolute atomic E-state index is 0.200. The van der Waals surface area contributed by atoms with Crippen LogP contribution in [0.3, 0.4) is 0 Å². The van der Waals surface area contributed by atoms with Gasteiger partial charge in [-0.15, -0.1) is 0 Å². The summed E-state index contributed by atoms with van der Waals surface area (Å²) in [6.07, 6.45) is 0.318. The first-order valence-electron chi connectivity index (χ1n) is 6.18. The third kappa shape index (κ3) is 3.19. The van der Waals surface area contributed by atoms with Gasteiger partial charge >= 0.3 is 0 Å². The summed E-state index contributed by atoms with van der Waals surface area (Å²) in [5, 5.41) is 3.61. The van der Waals surface area contributed by atoms with Gasteiger partial charge in [-0.1, -0.05) is 17.7 Å². The van der Waals surface area contributed by atoms with Gasteiger partial charge in [-0.05, 0) is 18.6 Å². The molecule has 0 spiro atoms. The van der Waals surface area contributed by atoms with Crippen LogP contribution in [0.5, 0.6) is 0 Å². The number of alkyl halides is 1. The van der Waals surface area contributed by atoms with E-state index in [0.717, 1.165) is 26.2 Å². The molecule has 1 N–H and O–H groups in total. The van der Waals surface area contributed by atoms with Gasteiger partial charge in [0.15, 0.2) is 0 Å². The number of nitrogens with one attached hydrogen (secondary N) is 1. The fraction of sp³-hybridized carbons (Fsp3) is 0.538. The molecule has 0 saturated carbocycles. The number of benzene rings is 1. The molecule has 1 aliphatic rings. The van der Waals surface area contributed by atoms with Crippen molar-refractivity contribution in [2.45, 2.75) is 12.5 Å². The van der Waals surface area contributed by atoms with Crippen LogP contribution in [0.15, 0.2) is 18.2 Å². The van der Waals surface area contributed by atoms with E-state index in [2.05, 4.69) is 10.2 Å². The molecule has 18 heavy (non-hydrogen) atoms. The van der Waals surface area contributed by atoms with E-state index in [0.29, 0.717) is 17.0 Å². The van der Waals surface area contributed by atoms with Gasteiger partial charge in [0.25, 0.3) is 0 Å². The predicted octanol–water partition coefficient (Wildman–Crippen LogP) is 2.79. The van der Waals surface area contributed by atoms with E-state index < -0.39 is 6.67 Å². The molecule has 1 heterocycles. The van der Waals surface area contributed by atoms with Crippen molar-refractivity contribution >= 4 is 11.6 Å². The predicted molar refractivity (Wildman–Crippen MR) is 69.2 cm³/mol. The molecule has 0 radical (unpaired) electrons. The number of rotatable bonds is 4. The zero-order valence-corrected chi connectivity index (χ0v) is 10.9. The fourth-order valence-corrected chi connectivity index (χ4v) is 2.56. The molecule has 0 unspecified atom stereocenters. The molecular formula is C13H17ClF2N2. The Hall–Kier alpha value is -0.710. The lowest BCUT2D eigenvalue weighted by atomic mass is 10.0. The molecule has 0 amide bonds. The van der Waals surface area contributed by atoms with Crippen LogP contribution in [-0.2, 0) is 0 Å². The second-order valence-corrected chi connectivity index (χ2v) is 4.88. The Kier molecular flexibility index (Phi) is 4.92. The number of hydrogen-bond acceptors (Lipinski definition) is 2. The van der Waals surface area contributed by atoms with Gasteiger partial charge < -0.3 is 5.32 Å². The Bertz CT molecular complexity index is 395. The lowest BCUT2D eigenvalue weighted by Crippen LogP contribution is -2.45. The summed E-state index contributed by atoms with van der Waals surface area (Å²) >= 11 is 5.75. The highest BCUT2D eigenvalue weighted by Crippen LogP contribution is 2.28. The SMILES string of the molecule is FCC[C@H](c1ccc(Cl)cc1F)N1CCNCC1. The van der Waals surface area contributed by atoms with Crippen LogP contribution in [0.1, 0.15) is 18.0 Å². The molecule has 1 saturated heterocycles. The van der Waals surface area contributed by atoms with E-state index in [1.54, 1.807) is 12.1 Å². The summed E-state index contributed by atoms with van der Waals surface area (Å²) in [5.74, 6) is -0.348. The smallest absolute Gasteiger partial charge is 0.129 e. The Morgan fingerprint density at radius 2 is 2.06 bits per heavy atom. The molecule has 2 rings (SSSR count). The number of nitrogens with zero attached hydrogens (tertiary/aromatic N) is 1. The van der Waals surface area contributed by atoms with Crippen molar-refractivity contribution in [3.05, 3.63) is 34.6 Å². The van der Waals surface area contributed by atoms with E-state index in [-0.39, 0.29) is 11.9 Å². The van der Waals surface area contributed by atoms with E-state index >= 15 is 0 Å². The van der Waals surface area contributed by atoms with Crippen molar-refractivity contribution in [1.29, 1.82) is 0 Å². The van der Waals surface area contributed by atoms with Crippen molar-refractivity contribution in [1.82, 2.24) is 10.2 Å². The molecule has 1 aromatic carbocycles. The van der Waals surface area contributed by atoms with Crippen LogP contribution in [-0.4, -0.2) is 37.8 Å². The van der Waals surface area contributed by atoms with Gasteiger partial charge in [0.2, 0.25) is 0 Å². The topological polar surface area (TPSA) is 15.3 Å². The van der Waals surface area contributed by atoms with Gasteiger partial charge in [0.1, 0.15) is 5.82 Å². The molecule has 2 nitrogen and oxygen atoms in total. The highest BCUT2D eigenvalue weighted by molar-refractivity contribution is 6.30. The van der Waals surface area contributed by atoms with E-state index in [1.165, 1.54) is 6.07 Å². The maximum absolute atomic E-state index is 13.9. The Morgan fingerprint density at radius 3 is 2.67 bits per heavy atom. The molecule has 1 aliphatic heterocycles. The van der Waals surface area contributed by atoms with Crippen LogP contribution in [0, 0.1) is 5.82 Å². The zero-order chi connectivity index (χ0) is 13.0. The van der Waals surface area contributed by atoms with Gasteiger partial charge in [-0.25, -0.2) is 4.39 Å². The summed E-state index contributed by atoms with van der Waals surface area (Å²) in [5.41, 5.74) is 0.541. The summed E-state index contributed by atoms with van der Waals surface area (Å²) in [6.45, 7) is 2.89. The number of halogens is 3. The van der Waals surface area contributed by atoms with E-state index in [1.807, 2.05) is 0 Å². The van der Waals surface area contributed by atoms with Crippen molar-refractivity contribution in [2.24, 2.45) is 0 Å². The Labute approximate surface area is 111 Å². The summed E-state index contributed by atoms with van der Waals surface area (Å²) in [7, 11) is 0. The lowest BCUT2D eigenvalue weighted by molar-refractivity contribution is 0.154. The Balaban J connectivity index is 2.22. The highest BCUT2D eigenvalue weighted by Gasteiger charge is 2.24. The second-order valence-electron chi connectivity index (χ2n) is 4.45. The van der Waals surface area contributed by atoms with Gasteiger partial charge in [0.05, 0.1) is 6.67 Å². The van der Waals surface area contributed by atoms with Crippen LogP contribution < -0.4 is 5.32 Å². The third-order valence-electron chi connectivity index (χ3n) is 3.30. The van der Waals surface area contributed by atoms with E-state index in [4.69, 9.17) is 11.6 Å². The molecule has 100 valence electrons. The normalized spacial score (nSPS) is 18.8. The summed E-state index contributed by atoms with van der Waals surface area (Å²) in [4.78, 5) is 2.13. The molecule has 0 aromatic heterocycles. The van der Waals surface area contributed by atoms with E-state index in [9.17, 15) is 8.78 Å². The molecule has 0 bridgehead atoms. The second kappa shape index (κ2) is 6.45. The van der Waals surface area contributed by atoms with Crippen molar-refractivity contribution in [3.63, 3.8) is 0 Å². The van der Waals surface area contributed by atoms with Crippen LogP contribution in [0.2, 0.25) is 5.02 Å². The first-order valence-corrected chi connectivity index (χ1v) is 6.56. The quantitative estimate of drug-likeness (QED) is 0.908. The monoisotopic (exact) mass is 274 g/mol. The fourth-order valence-electron chi connectivity index (χ4n) is 2.40. The van der Waals surface area contributed by atoms with Gasteiger partial charge in [-0.3, -0.25) is 9.29 Å². The van der Waals surface area contributed by atoms with Crippen LogP contribution in [0.25, 0.3) is 0 Å². The lowest BCUT2D eigenvalue weighted by Gasteiger charge is -2.35. The van der Waals surface area contributed by atoms with Crippen LogP contribution in [0.4, 0.5) is 8.78 Å². The van der Waals surface area contributed by atoms with Gasteiger partial charge in [0, 0.05) is 42.8 Å². The first kappa shape index (κ1) is 13.7. The maximum Gasteiger partial charge on any atom is 0.129 e. The molecule has 0 aliphatic carbocycles.